The maximum atomic E-state index is 6.16. The summed E-state index contributed by atoms with van der Waals surface area (Å²) in [6.07, 6.45) is 2.21. The van der Waals surface area contributed by atoms with Crippen molar-refractivity contribution >= 4 is 33.2 Å². The second-order valence-electron chi connectivity index (χ2n) is 4.93. The van der Waals surface area contributed by atoms with Gasteiger partial charge in [0.1, 0.15) is 5.75 Å². The van der Waals surface area contributed by atoms with Gasteiger partial charge in [-0.1, -0.05) is 33.6 Å². The van der Waals surface area contributed by atoms with E-state index in [1.807, 2.05) is 18.2 Å². The quantitative estimate of drug-likeness (QED) is 0.818. The number of rotatable bonds is 3. The van der Waals surface area contributed by atoms with E-state index >= 15 is 0 Å². The molecule has 104 valence electrons. The van der Waals surface area contributed by atoms with Crippen molar-refractivity contribution in [1.82, 2.24) is 0 Å². The van der Waals surface area contributed by atoms with E-state index in [1.165, 1.54) is 11.1 Å². The minimum absolute atomic E-state index is 0.350. The van der Waals surface area contributed by atoms with Crippen molar-refractivity contribution in [2.45, 2.75) is 18.9 Å². The van der Waals surface area contributed by atoms with Gasteiger partial charge in [-0.05, 0) is 54.3 Å². The summed E-state index contributed by atoms with van der Waals surface area (Å²) in [4.78, 5) is 0. The summed E-state index contributed by atoms with van der Waals surface area (Å²) in [5.74, 6) is 0.702. The van der Waals surface area contributed by atoms with Gasteiger partial charge in [0.2, 0.25) is 0 Å². The van der Waals surface area contributed by atoms with Crippen LogP contribution >= 0.6 is 27.5 Å². The van der Waals surface area contributed by atoms with Crippen molar-refractivity contribution in [2.75, 3.05) is 12.4 Å². The Bertz CT molecular complexity index is 644. The van der Waals surface area contributed by atoms with E-state index in [1.54, 1.807) is 7.11 Å². The SMILES string of the molecule is COc1ccc(NC2CCc3cc(Br)ccc32)cc1Cl. The molecule has 0 fully saturated rings. The number of aryl methyl sites for hydroxylation is 1. The molecule has 2 aromatic carbocycles. The molecule has 1 atom stereocenters. The van der Waals surface area contributed by atoms with Crippen LogP contribution in [0, 0.1) is 0 Å². The van der Waals surface area contributed by atoms with Gasteiger partial charge in [0, 0.05) is 10.2 Å². The normalized spacial score (nSPS) is 16.9. The number of halogens is 2. The van der Waals surface area contributed by atoms with E-state index in [0.717, 1.165) is 23.0 Å². The molecule has 2 nitrogen and oxygen atoms in total. The molecular formula is C16H15BrClNO. The Morgan fingerprint density at radius 3 is 2.85 bits per heavy atom. The Morgan fingerprint density at radius 1 is 1.25 bits per heavy atom. The molecule has 1 aliphatic carbocycles. The summed E-state index contributed by atoms with van der Waals surface area (Å²) in [6.45, 7) is 0. The van der Waals surface area contributed by atoms with Gasteiger partial charge in [0.15, 0.2) is 0 Å². The van der Waals surface area contributed by atoms with Crippen molar-refractivity contribution in [1.29, 1.82) is 0 Å². The zero-order valence-electron chi connectivity index (χ0n) is 11.1. The van der Waals surface area contributed by atoms with Crippen LogP contribution in [0.3, 0.4) is 0 Å². The van der Waals surface area contributed by atoms with Gasteiger partial charge >= 0.3 is 0 Å². The summed E-state index contributed by atoms with van der Waals surface area (Å²) in [5, 5.41) is 4.18. The molecule has 0 aliphatic heterocycles. The van der Waals surface area contributed by atoms with Crippen LogP contribution in [0.15, 0.2) is 40.9 Å². The highest BCUT2D eigenvalue weighted by Gasteiger charge is 2.22. The monoisotopic (exact) mass is 351 g/mol. The minimum atomic E-state index is 0.350. The molecule has 0 amide bonds. The second-order valence-corrected chi connectivity index (χ2v) is 6.25. The smallest absolute Gasteiger partial charge is 0.137 e. The highest BCUT2D eigenvalue weighted by atomic mass is 79.9. The molecule has 1 N–H and O–H groups in total. The predicted octanol–water partition coefficient (Wildman–Crippen LogP) is 5.21. The number of benzene rings is 2. The Morgan fingerprint density at radius 2 is 2.10 bits per heavy atom. The van der Waals surface area contributed by atoms with Crippen LogP contribution in [0.25, 0.3) is 0 Å². The Balaban J connectivity index is 1.82. The zero-order chi connectivity index (χ0) is 14.1. The van der Waals surface area contributed by atoms with Gasteiger partial charge in [-0.3, -0.25) is 0 Å². The van der Waals surface area contributed by atoms with E-state index in [9.17, 15) is 0 Å². The Hall–Kier alpha value is -1.19. The van der Waals surface area contributed by atoms with Gasteiger partial charge in [0.05, 0.1) is 18.2 Å². The molecular weight excluding hydrogens is 338 g/mol. The van der Waals surface area contributed by atoms with Crippen LogP contribution in [-0.4, -0.2) is 7.11 Å². The summed E-state index contributed by atoms with van der Waals surface area (Å²) in [7, 11) is 1.62. The molecule has 0 spiro atoms. The fourth-order valence-corrected chi connectivity index (χ4v) is 3.36. The maximum absolute atomic E-state index is 6.16. The number of fused-ring (bicyclic) bond motifs is 1. The van der Waals surface area contributed by atoms with Crippen LogP contribution in [0.5, 0.6) is 5.75 Å². The second kappa shape index (κ2) is 5.66. The van der Waals surface area contributed by atoms with Crippen molar-refractivity contribution < 1.29 is 4.74 Å². The van der Waals surface area contributed by atoms with E-state index in [2.05, 4.69) is 39.4 Å². The van der Waals surface area contributed by atoms with Gasteiger partial charge in [-0.25, -0.2) is 0 Å². The lowest BCUT2D eigenvalue weighted by molar-refractivity contribution is 0.415. The third-order valence-corrected chi connectivity index (χ3v) is 4.46. The molecule has 0 aromatic heterocycles. The standard InChI is InChI=1S/C16H15BrClNO/c1-20-16-7-4-12(9-14(16)18)19-15-6-2-10-8-11(17)3-5-13(10)15/h3-5,7-9,15,19H,2,6H2,1H3. The van der Waals surface area contributed by atoms with E-state index < -0.39 is 0 Å². The van der Waals surface area contributed by atoms with Crippen LogP contribution in [0.1, 0.15) is 23.6 Å². The molecule has 20 heavy (non-hydrogen) atoms. The maximum Gasteiger partial charge on any atom is 0.137 e. The highest BCUT2D eigenvalue weighted by Crippen LogP contribution is 2.36. The molecule has 0 heterocycles. The molecule has 3 rings (SSSR count). The first-order valence-electron chi connectivity index (χ1n) is 6.56. The molecule has 0 saturated heterocycles. The first kappa shape index (κ1) is 13.8. The lowest BCUT2D eigenvalue weighted by Crippen LogP contribution is -2.07. The van der Waals surface area contributed by atoms with Crippen LogP contribution in [0.2, 0.25) is 5.02 Å². The van der Waals surface area contributed by atoms with Gasteiger partial charge in [-0.2, -0.15) is 0 Å². The number of nitrogens with one attached hydrogen (secondary N) is 1. The molecule has 2 aromatic rings. The average molecular weight is 353 g/mol. The topological polar surface area (TPSA) is 21.3 Å². The lowest BCUT2D eigenvalue weighted by atomic mass is 10.1. The molecule has 1 unspecified atom stereocenters. The number of ether oxygens (including phenoxy) is 1. The first-order valence-corrected chi connectivity index (χ1v) is 7.73. The van der Waals surface area contributed by atoms with Crippen molar-refractivity contribution in [3.8, 4) is 5.75 Å². The van der Waals surface area contributed by atoms with Gasteiger partial charge < -0.3 is 10.1 Å². The molecule has 1 aliphatic rings. The number of anilines is 1. The Kier molecular flexibility index (Phi) is 3.90. The van der Waals surface area contributed by atoms with Crippen LogP contribution < -0.4 is 10.1 Å². The number of methoxy groups -OCH3 is 1. The third-order valence-electron chi connectivity index (χ3n) is 3.68. The van der Waals surface area contributed by atoms with Crippen LogP contribution in [0.4, 0.5) is 5.69 Å². The van der Waals surface area contributed by atoms with E-state index in [4.69, 9.17) is 16.3 Å². The lowest BCUT2D eigenvalue weighted by Gasteiger charge is -2.16. The van der Waals surface area contributed by atoms with E-state index in [-0.39, 0.29) is 0 Å². The summed E-state index contributed by atoms with van der Waals surface area (Å²) in [5.41, 5.74) is 3.81. The van der Waals surface area contributed by atoms with Crippen molar-refractivity contribution in [3.05, 3.63) is 57.0 Å². The summed E-state index contributed by atoms with van der Waals surface area (Å²) in [6, 6.07) is 12.6. The first-order chi connectivity index (χ1) is 9.67. The summed E-state index contributed by atoms with van der Waals surface area (Å²) < 4.78 is 6.32. The Labute approximate surface area is 132 Å². The number of hydrogen-bond donors (Lipinski definition) is 1. The minimum Gasteiger partial charge on any atom is -0.495 e. The average Bonchev–Trinajstić information content (AvgIpc) is 2.81. The van der Waals surface area contributed by atoms with E-state index in [0.29, 0.717) is 16.8 Å². The van der Waals surface area contributed by atoms with Crippen molar-refractivity contribution in [3.63, 3.8) is 0 Å². The fraction of sp³-hybridized carbons (Fsp3) is 0.250. The summed E-state index contributed by atoms with van der Waals surface area (Å²) >= 11 is 9.69. The largest absolute Gasteiger partial charge is 0.495 e. The van der Waals surface area contributed by atoms with Gasteiger partial charge in [-0.15, -0.1) is 0 Å². The van der Waals surface area contributed by atoms with Gasteiger partial charge in [0.25, 0.3) is 0 Å². The predicted molar refractivity (Wildman–Crippen MR) is 86.8 cm³/mol. The van der Waals surface area contributed by atoms with Crippen LogP contribution in [-0.2, 0) is 6.42 Å². The molecule has 0 bridgehead atoms. The molecule has 4 heteroatoms. The third kappa shape index (κ3) is 2.65. The van der Waals surface area contributed by atoms with Crippen molar-refractivity contribution in [2.24, 2.45) is 0 Å². The zero-order valence-corrected chi connectivity index (χ0v) is 13.5. The highest BCUT2D eigenvalue weighted by molar-refractivity contribution is 9.10. The molecule has 0 saturated carbocycles. The molecule has 0 radical (unpaired) electrons. The number of hydrogen-bond acceptors (Lipinski definition) is 2. The fourth-order valence-electron chi connectivity index (χ4n) is 2.69.